The van der Waals surface area contributed by atoms with Gasteiger partial charge in [-0.25, -0.2) is 0 Å². The van der Waals surface area contributed by atoms with Crippen LogP contribution in [0.3, 0.4) is 0 Å². The normalized spacial score (nSPS) is 12.5. The Morgan fingerprint density at radius 2 is 2.50 bits per heavy atom. The molecule has 14 heavy (non-hydrogen) atoms. The molecule has 0 aromatic carbocycles. The number of nitrogens with one attached hydrogen (secondary N) is 1. The first-order valence-corrected chi connectivity index (χ1v) is 4.97. The number of esters is 1. The first-order valence-electron chi connectivity index (χ1n) is 4.18. The fraction of sp³-hybridized carbons (Fsp3) is 0.444. The average Bonchev–Trinajstić information content (AvgIpc) is 2.59. The van der Waals surface area contributed by atoms with Gasteiger partial charge in [0.05, 0.1) is 24.4 Å². The molecule has 0 amide bonds. The number of rotatable bonds is 4. The number of hydrogen-bond acceptors (Lipinski definition) is 4. The highest BCUT2D eigenvalue weighted by molar-refractivity contribution is 9.10. The van der Waals surface area contributed by atoms with Crippen LogP contribution in [0.5, 0.6) is 0 Å². The van der Waals surface area contributed by atoms with Crippen molar-refractivity contribution < 1.29 is 13.9 Å². The van der Waals surface area contributed by atoms with Gasteiger partial charge >= 0.3 is 5.97 Å². The number of hydrogen-bond donors (Lipinski definition) is 1. The second-order valence-corrected chi connectivity index (χ2v) is 3.67. The van der Waals surface area contributed by atoms with E-state index in [1.54, 1.807) is 19.3 Å². The van der Waals surface area contributed by atoms with E-state index in [1.807, 2.05) is 0 Å². The minimum Gasteiger partial charge on any atom is -0.468 e. The summed E-state index contributed by atoms with van der Waals surface area (Å²) in [7, 11) is 1.36. The molecule has 1 N–H and O–H groups in total. The van der Waals surface area contributed by atoms with Gasteiger partial charge in [-0.2, -0.15) is 0 Å². The van der Waals surface area contributed by atoms with Crippen LogP contribution < -0.4 is 5.32 Å². The highest BCUT2D eigenvalue weighted by Crippen LogP contribution is 2.17. The molecule has 0 radical (unpaired) electrons. The number of furan rings is 1. The lowest BCUT2D eigenvalue weighted by molar-refractivity contribution is -0.142. The molecule has 1 unspecified atom stereocenters. The summed E-state index contributed by atoms with van der Waals surface area (Å²) in [6.45, 7) is 2.23. The van der Waals surface area contributed by atoms with Crippen molar-refractivity contribution in [1.82, 2.24) is 5.32 Å². The zero-order valence-corrected chi connectivity index (χ0v) is 9.63. The Labute approximate surface area is 90.7 Å². The Kier molecular flexibility index (Phi) is 4.16. The van der Waals surface area contributed by atoms with Gasteiger partial charge in [-0.1, -0.05) is 0 Å². The molecular formula is C9H12BrNO3. The third-order valence-electron chi connectivity index (χ3n) is 1.81. The van der Waals surface area contributed by atoms with Gasteiger partial charge in [0, 0.05) is 0 Å². The Morgan fingerprint density at radius 3 is 3.00 bits per heavy atom. The maximum Gasteiger partial charge on any atom is 0.322 e. The number of methoxy groups -OCH3 is 1. The molecule has 1 rings (SSSR count). The van der Waals surface area contributed by atoms with Crippen LogP contribution in [0, 0.1) is 0 Å². The van der Waals surface area contributed by atoms with Crippen LogP contribution in [0.4, 0.5) is 0 Å². The van der Waals surface area contributed by atoms with Crippen molar-refractivity contribution >= 4 is 21.9 Å². The minimum atomic E-state index is -0.336. The molecule has 0 fully saturated rings. The molecule has 4 nitrogen and oxygen atoms in total. The molecule has 1 aromatic heterocycles. The molecule has 0 aliphatic carbocycles. The van der Waals surface area contributed by atoms with E-state index in [1.165, 1.54) is 7.11 Å². The zero-order valence-electron chi connectivity index (χ0n) is 8.04. The summed E-state index contributed by atoms with van der Waals surface area (Å²) in [4.78, 5) is 11.0. The average molecular weight is 262 g/mol. The Hall–Kier alpha value is -0.810. The quantitative estimate of drug-likeness (QED) is 0.839. The van der Waals surface area contributed by atoms with Gasteiger partial charge in [-0.05, 0) is 28.9 Å². The van der Waals surface area contributed by atoms with E-state index >= 15 is 0 Å². The molecule has 1 aromatic rings. The third-order valence-corrected chi connectivity index (χ3v) is 2.52. The summed E-state index contributed by atoms with van der Waals surface area (Å²) in [5.41, 5.74) is 0. The lowest BCUT2D eigenvalue weighted by Gasteiger charge is -2.09. The zero-order chi connectivity index (χ0) is 10.6. The van der Waals surface area contributed by atoms with Gasteiger partial charge < -0.3 is 9.15 Å². The van der Waals surface area contributed by atoms with E-state index < -0.39 is 0 Å². The largest absolute Gasteiger partial charge is 0.468 e. The van der Waals surface area contributed by atoms with Gasteiger partial charge in [-0.3, -0.25) is 10.1 Å². The highest BCUT2D eigenvalue weighted by atomic mass is 79.9. The summed E-state index contributed by atoms with van der Waals surface area (Å²) < 4.78 is 10.6. The number of carbonyl (C=O) groups is 1. The molecule has 0 spiro atoms. The highest BCUT2D eigenvalue weighted by Gasteiger charge is 2.13. The van der Waals surface area contributed by atoms with E-state index in [9.17, 15) is 4.79 Å². The van der Waals surface area contributed by atoms with E-state index in [0.29, 0.717) is 6.54 Å². The van der Waals surface area contributed by atoms with Crippen molar-refractivity contribution in [1.29, 1.82) is 0 Å². The summed E-state index contributed by atoms with van der Waals surface area (Å²) in [6, 6.07) is 1.47. The van der Waals surface area contributed by atoms with Crippen LogP contribution in [-0.4, -0.2) is 19.1 Å². The minimum absolute atomic E-state index is 0.285. The molecule has 0 aliphatic heterocycles. The monoisotopic (exact) mass is 261 g/mol. The van der Waals surface area contributed by atoms with Crippen molar-refractivity contribution in [3.8, 4) is 0 Å². The van der Waals surface area contributed by atoms with Crippen molar-refractivity contribution in [2.45, 2.75) is 19.5 Å². The molecule has 78 valence electrons. The number of halogens is 1. The Balaban J connectivity index is 2.41. The third kappa shape index (κ3) is 2.85. The van der Waals surface area contributed by atoms with Gasteiger partial charge in [0.25, 0.3) is 0 Å². The topological polar surface area (TPSA) is 51.5 Å². The van der Waals surface area contributed by atoms with Crippen molar-refractivity contribution in [2.75, 3.05) is 7.11 Å². The van der Waals surface area contributed by atoms with Crippen LogP contribution in [0.25, 0.3) is 0 Å². The van der Waals surface area contributed by atoms with E-state index in [2.05, 4.69) is 26.0 Å². The number of ether oxygens (including phenoxy) is 1. The van der Waals surface area contributed by atoms with Gasteiger partial charge in [0.15, 0.2) is 0 Å². The summed E-state index contributed by atoms with van der Waals surface area (Å²) in [5, 5.41) is 2.98. The summed E-state index contributed by atoms with van der Waals surface area (Å²) in [5.74, 6) is 0.480. The van der Waals surface area contributed by atoms with E-state index in [4.69, 9.17) is 4.42 Å². The molecule has 0 aliphatic rings. The van der Waals surface area contributed by atoms with Crippen LogP contribution in [0.15, 0.2) is 21.2 Å². The van der Waals surface area contributed by atoms with Crippen LogP contribution >= 0.6 is 15.9 Å². The fourth-order valence-electron chi connectivity index (χ4n) is 0.957. The van der Waals surface area contributed by atoms with Crippen molar-refractivity contribution in [3.05, 3.63) is 22.6 Å². The second kappa shape index (κ2) is 5.17. The molecular weight excluding hydrogens is 250 g/mol. The summed E-state index contributed by atoms with van der Waals surface area (Å²) in [6.07, 6.45) is 1.59. The van der Waals surface area contributed by atoms with E-state index in [0.717, 1.165) is 10.2 Å². The molecule has 1 heterocycles. The van der Waals surface area contributed by atoms with Crippen LogP contribution in [0.1, 0.15) is 12.7 Å². The summed E-state index contributed by atoms with van der Waals surface area (Å²) >= 11 is 3.32. The maximum atomic E-state index is 11.0. The molecule has 0 bridgehead atoms. The first kappa shape index (κ1) is 11.3. The van der Waals surface area contributed by atoms with Gasteiger partial charge in [-0.15, -0.1) is 0 Å². The van der Waals surface area contributed by atoms with E-state index in [-0.39, 0.29) is 12.0 Å². The predicted octanol–water partition coefficient (Wildman–Crippen LogP) is 1.69. The van der Waals surface area contributed by atoms with Gasteiger partial charge in [0.1, 0.15) is 11.8 Å². The second-order valence-electron chi connectivity index (χ2n) is 2.82. The number of carbonyl (C=O) groups excluding carboxylic acids is 1. The fourth-order valence-corrected chi connectivity index (χ4v) is 1.30. The molecule has 5 heteroatoms. The standard InChI is InChI=1S/C9H12BrNO3/c1-6(9(12)13-2)11-5-8-7(10)3-4-14-8/h3-4,6,11H,5H2,1-2H3. The first-order chi connectivity index (χ1) is 6.65. The van der Waals surface area contributed by atoms with Crippen molar-refractivity contribution in [2.24, 2.45) is 0 Å². The van der Waals surface area contributed by atoms with Crippen LogP contribution in [0.2, 0.25) is 0 Å². The lowest BCUT2D eigenvalue weighted by atomic mass is 10.3. The van der Waals surface area contributed by atoms with Crippen LogP contribution in [-0.2, 0) is 16.1 Å². The smallest absolute Gasteiger partial charge is 0.322 e. The Bertz CT molecular complexity index is 311. The predicted molar refractivity (Wildman–Crippen MR) is 54.7 cm³/mol. The molecule has 1 atom stereocenters. The molecule has 0 saturated heterocycles. The maximum absolute atomic E-state index is 11.0. The van der Waals surface area contributed by atoms with Gasteiger partial charge in [0.2, 0.25) is 0 Å². The molecule has 0 saturated carbocycles. The lowest BCUT2D eigenvalue weighted by Crippen LogP contribution is -2.34. The SMILES string of the molecule is COC(=O)C(C)NCc1occc1Br. The van der Waals surface area contributed by atoms with Crippen molar-refractivity contribution in [3.63, 3.8) is 0 Å². The Morgan fingerprint density at radius 1 is 1.79 bits per heavy atom.